The molecule has 2 rings (SSSR count). The van der Waals surface area contributed by atoms with Gasteiger partial charge in [0.15, 0.2) is 11.6 Å². The van der Waals surface area contributed by atoms with Gasteiger partial charge in [0.1, 0.15) is 0 Å². The minimum absolute atomic E-state index is 0.0459. The van der Waals surface area contributed by atoms with E-state index in [-0.39, 0.29) is 11.9 Å². The minimum atomic E-state index is -0.250. The van der Waals surface area contributed by atoms with Gasteiger partial charge in [0.25, 0.3) is 0 Å². The first-order valence-electron chi connectivity index (χ1n) is 4.92. The van der Waals surface area contributed by atoms with E-state index < -0.39 is 0 Å². The summed E-state index contributed by atoms with van der Waals surface area (Å²) in [5, 5.41) is 0. The molecule has 0 unspecified atom stereocenters. The number of thioether (sulfide) groups is 1. The predicted molar refractivity (Wildman–Crippen MR) is 60.7 cm³/mol. The fourth-order valence-electron chi connectivity index (χ4n) is 1.81. The van der Waals surface area contributed by atoms with Gasteiger partial charge in [0.05, 0.1) is 7.11 Å². The lowest BCUT2D eigenvalue weighted by molar-refractivity contribution is 0.384. The summed E-state index contributed by atoms with van der Waals surface area (Å²) in [7, 11) is 1.48. The van der Waals surface area contributed by atoms with E-state index in [1.165, 1.54) is 7.11 Å². The molecule has 1 aromatic rings. The lowest BCUT2D eigenvalue weighted by atomic mass is 9.99. The summed E-state index contributed by atoms with van der Waals surface area (Å²) in [4.78, 5) is 0. The average Bonchev–Trinajstić information content (AvgIpc) is 2.42. The quantitative estimate of drug-likeness (QED) is 0.800. The summed E-state index contributed by atoms with van der Waals surface area (Å²) in [5.74, 6) is 1.73. The van der Waals surface area contributed by atoms with Crippen molar-refractivity contribution >= 4 is 11.8 Å². The molecule has 0 aromatic heterocycles. The van der Waals surface area contributed by atoms with Crippen LogP contribution in [0.15, 0.2) is 12.1 Å². The molecule has 0 fully saturated rings. The van der Waals surface area contributed by atoms with Crippen molar-refractivity contribution in [1.29, 1.82) is 0 Å². The molecule has 1 aliphatic heterocycles. The van der Waals surface area contributed by atoms with Gasteiger partial charge in [0, 0.05) is 17.4 Å². The average molecular weight is 227 g/mol. The fourth-order valence-corrected chi connectivity index (χ4v) is 2.87. The van der Waals surface area contributed by atoms with Gasteiger partial charge in [-0.05, 0) is 23.8 Å². The van der Waals surface area contributed by atoms with Crippen molar-refractivity contribution < 1.29 is 9.13 Å². The van der Waals surface area contributed by atoms with Crippen LogP contribution in [0, 0.1) is 5.82 Å². The van der Waals surface area contributed by atoms with E-state index >= 15 is 0 Å². The number of methoxy groups -OCH3 is 1. The van der Waals surface area contributed by atoms with Crippen molar-refractivity contribution in [2.45, 2.75) is 18.2 Å². The molecule has 2 nitrogen and oxygen atoms in total. The number of hydrogen-bond acceptors (Lipinski definition) is 3. The van der Waals surface area contributed by atoms with Crippen LogP contribution in [0.4, 0.5) is 4.39 Å². The summed E-state index contributed by atoms with van der Waals surface area (Å²) in [5.41, 5.74) is 7.63. The Hall–Kier alpha value is -0.740. The van der Waals surface area contributed by atoms with Crippen LogP contribution >= 0.6 is 11.8 Å². The molecule has 0 radical (unpaired) electrons. The van der Waals surface area contributed by atoms with E-state index in [4.69, 9.17) is 10.5 Å². The molecule has 2 N–H and O–H groups in total. The van der Waals surface area contributed by atoms with Gasteiger partial charge in [-0.1, -0.05) is 6.07 Å². The smallest absolute Gasteiger partial charge is 0.169 e. The number of benzene rings is 1. The van der Waals surface area contributed by atoms with Crippen molar-refractivity contribution in [2.75, 3.05) is 12.9 Å². The van der Waals surface area contributed by atoms with Crippen molar-refractivity contribution in [3.8, 4) is 5.75 Å². The van der Waals surface area contributed by atoms with Crippen LogP contribution in [0.25, 0.3) is 0 Å². The zero-order valence-electron chi connectivity index (χ0n) is 8.63. The fraction of sp³-hybridized carbons (Fsp3) is 0.455. The van der Waals surface area contributed by atoms with Crippen molar-refractivity contribution in [3.05, 3.63) is 29.1 Å². The largest absolute Gasteiger partial charge is 0.494 e. The summed E-state index contributed by atoms with van der Waals surface area (Å²) in [6.45, 7) is 0. The second kappa shape index (κ2) is 4.41. The molecule has 4 heteroatoms. The lowest BCUT2D eigenvalue weighted by Gasteiger charge is -2.14. The molecule has 0 bridgehead atoms. The van der Waals surface area contributed by atoms with Gasteiger partial charge in [-0.25, -0.2) is 4.39 Å². The van der Waals surface area contributed by atoms with Crippen LogP contribution in [0.1, 0.15) is 23.6 Å². The number of hydrogen-bond donors (Lipinski definition) is 1. The van der Waals surface area contributed by atoms with Gasteiger partial charge < -0.3 is 10.5 Å². The topological polar surface area (TPSA) is 35.2 Å². The molecular weight excluding hydrogens is 213 g/mol. The van der Waals surface area contributed by atoms with Gasteiger partial charge >= 0.3 is 0 Å². The van der Waals surface area contributed by atoms with Gasteiger partial charge in [-0.15, -0.1) is 0 Å². The highest BCUT2D eigenvalue weighted by Gasteiger charge is 2.20. The van der Waals surface area contributed by atoms with E-state index in [0.29, 0.717) is 17.1 Å². The van der Waals surface area contributed by atoms with Crippen LogP contribution in [-0.2, 0) is 5.75 Å². The second-order valence-corrected chi connectivity index (χ2v) is 4.70. The zero-order chi connectivity index (χ0) is 10.8. The molecule has 0 aliphatic carbocycles. The Morgan fingerprint density at radius 3 is 3.07 bits per heavy atom. The first kappa shape index (κ1) is 10.8. The third-order valence-corrected chi connectivity index (χ3v) is 3.70. The first-order chi connectivity index (χ1) is 7.24. The van der Waals surface area contributed by atoms with Crippen LogP contribution in [-0.4, -0.2) is 12.9 Å². The standard InChI is InChI=1S/C11H14FNOS/c1-14-10-3-2-7-8(11(10)12)6-15-5-4-9(7)13/h2-3,9H,4-6,13H2,1H3/t9-/m1/s1. The van der Waals surface area contributed by atoms with Crippen LogP contribution < -0.4 is 10.5 Å². The molecule has 0 spiro atoms. The summed E-state index contributed by atoms with van der Waals surface area (Å²) < 4.78 is 18.9. The Morgan fingerprint density at radius 2 is 2.33 bits per heavy atom. The third kappa shape index (κ3) is 1.96. The van der Waals surface area contributed by atoms with Gasteiger partial charge in [-0.3, -0.25) is 0 Å². The SMILES string of the molecule is COc1ccc2c(c1F)CSCC[C@H]2N. The molecule has 82 valence electrons. The molecule has 0 saturated carbocycles. The van der Waals surface area contributed by atoms with Crippen LogP contribution in [0.2, 0.25) is 0 Å². The maximum Gasteiger partial charge on any atom is 0.169 e. The lowest BCUT2D eigenvalue weighted by Crippen LogP contribution is -2.12. The van der Waals surface area contributed by atoms with Crippen LogP contribution in [0.5, 0.6) is 5.75 Å². The highest BCUT2D eigenvalue weighted by atomic mass is 32.2. The van der Waals surface area contributed by atoms with Crippen molar-refractivity contribution in [1.82, 2.24) is 0 Å². The first-order valence-corrected chi connectivity index (χ1v) is 6.08. The van der Waals surface area contributed by atoms with E-state index in [0.717, 1.165) is 17.7 Å². The molecular formula is C11H14FNOS. The summed E-state index contributed by atoms with van der Waals surface area (Å²) >= 11 is 1.72. The Balaban J connectivity index is 2.50. The highest BCUT2D eigenvalue weighted by Crippen LogP contribution is 2.34. The highest BCUT2D eigenvalue weighted by molar-refractivity contribution is 7.98. The van der Waals surface area contributed by atoms with Gasteiger partial charge in [-0.2, -0.15) is 11.8 Å². The number of nitrogens with two attached hydrogens (primary N) is 1. The third-order valence-electron chi connectivity index (χ3n) is 2.68. The Bertz CT molecular complexity index is 370. The van der Waals surface area contributed by atoms with Crippen LogP contribution in [0.3, 0.4) is 0 Å². The molecule has 1 aliphatic rings. The van der Waals surface area contributed by atoms with E-state index in [2.05, 4.69) is 0 Å². The van der Waals surface area contributed by atoms with Crippen molar-refractivity contribution in [3.63, 3.8) is 0 Å². The summed E-state index contributed by atoms with van der Waals surface area (Å²) in [6, 6.07) is 3.49. The Kier molecular flexibility index (Phi) is 3.17. The van der Waals surface area contributed by atoms with Gasteiger partial charge in [0.2, 0.25) is 0 Å². The zero-order valence-corrected chi connectivity index (χ0v) is 9.44. The van der Waals surface area contributed by atoms with Crippen molar-refractivity contribution in [2.24, 2.45) is 5.73 Å². The normalized spacial score (nSPS) is 20.6. The Labute approximate surface area is 93.0 Å². The maximum absolute atomic E-state index is 13.9. The number of fused-ring (bicyclic) bond motifs is 1. The number of halogens is 1. The monoisotopic (exact) mass is 227 g/mol. The molecule has 1 atom stereocenters. The Morgan fingerprint density at radius 1 is 1.53 bits per heavy atom. The van der Waals surface area contributed by atoms with E-state index in [1.807, 2.05) is 6.07 Å². The molecule has 15 heavy (non-hydrogen) atoms. The molecule has 0 saturated heterocycles. The second-order valence-electron chi connectivity index (χ2n) is 3.60. The molecule has 1 aromatic carbocycles. The maximum atomic E-state index is 13.9. The van der Waals surface area contributed by atoms with E-state index in [9.17, 15) is 4.39 Å². The minimum Gasteiger partial charge on any atom is -0.494 e. The number of rotatable bonds is 1. The predicted octanol–water partition coefficient (Wildman–Crippen LogP) is 2.47. The summed E-state index contributed by atoms with van der Waals surface area (Å²) in [6.07, 6.45) is 0.906. The molecule has 1 heterocycles. The van der Waals surface area contributed by atoms with E-state index in [1.54, 1.807) is 17.8 Å². The molecule has 0 amide bonds. The number of ether oxygens (including phenoxy) is 1.